The highest BCUT2D eigenvalue weighted by Crippen LogP contribution is 2.21. The number of nitrogens with zero attached hydrogens (tertiary/aromatic N) is 1. The Morgan fingerprint density at radius 2 is 2.08 bits per heavy atom. The monoisotopic (exact) mass is 405 g/mol. The largest absolute Gasteiger partial charge is 0.354 e. The molecule has 0 aliphatic carbocycles. The van der Waals surface area contributed by atoms with Gasteiger partial charge in [-0.3, -0.25) is 10.1 Å². The Kier molecular flexibility index (Phi) is 9.08. The fourth-order valence-electron chi connectivity index (χ4n) is 2.36. The number of hydrogen-bond acceptors (Lipinski definition) is 5. The molecule has 3 rings (SSSR count). The highest BCUT2D eigenvalue weighted by atomic mass is 35.5. The van der Waals surface area contributed by atoms with Crippen LogP contribution >= 0.6 is 47.9 Å². The van der Waals surface area contributed by atoms with Gasteiger partial charge in [0.05, 0.1) is 16.7 Å². The number of carbonyl (C=O) groups is 1. The Hall–Kier alpha value is -0.790. The molecule has 132 valence electrons. The van der Waals surface area contributed by atoms with Gasteiger partial charge in [-0.25, -0.2) is 4.98 Å². The van der Waals surface area contributed by atoms with Crippen molar-refractivity contribution in [1.82, 2.24) is 15.6 Å². The van der Waals surface area contributed by atoms with Crippen LogP contribution in [0.1, 0.15) is 10.6 Å². The molecule has 1 amide bonds. The minimum Gasteiger partial charge on any atom is -0.354 e. The summed E-state index contributed by atoms with van der Waals surface area (Å²) in [5.74, 6) is 1.85. The number of amides is 1. The summed E-state index contributed by atoms with van der Waals surface area (Å²) in [7, 11) is 0. The lowest BCUT2D eigenvalue weighted by molar-refractivity contribution is -0.122. The molecule has 1 atom stereocenters. The van der Waals surface area contributed by atoms with E-state index in [-0.39, 0.29) is 36.8 Å². The SMILES string of the molecule is Cc1nc(-c2ccc(CCNC(=O)C3CSCN3)cc2)cs1.Cl.Cl. The number of nitrogens with one attached hydrogen (secondary N) is 2. The number of benzene rings is 1. The van der Waals surface area contributed by atoms with Crippen LogP contribution < -0.4 is 10.6 Å². The lowest BCUT2D eigenvalue weighted by Gasteiger charge is -2.10. The molecule has 1 fully saturated rings. The summed E-state index contributed by atoms with van der Waals surface area (Å²) in [5, 5.41) is 9.34. The molecule has 24 heavy (non-hydrogen) atoms. The first-order valence-electron chi connectivity index (χ1n) is 7.32. The van der Waals surface area contributed by atoms with Gasteiger partial charge in [0.2, 0.25) is 5.91 Å². The van der Waals surface area contributed by atoms with E-state index in [2.05, 4.69) is 45.3 Å². The van der Waals surface area contributed by atoms with E-state index in [0.29, 0.717) is 6.54 Å². The average Bonchev–Trinajstić information content (AvgIpc) is 3.19. The van der Waals surface area contributed by atoms with Gasteiger partial charge in [0.15, 0.2) is 0 Å². The van der Waals surface area contributed by atoms with E-state index in [1.54, 1.807) is 23.1 Å². The maximum Gasteiger partial charge on any atom is 0.238 e. The summed E-state index contributed by atoms with van der Waals surface area (Å²) in [4.78, 5) is 16.4. The second-order valence-corrected chi connectivity index (χ2v) is 7.35. The lowest BCUT2D eigenvalue weighted by atomic mass is 10.1. The third-order valence-electron chi connectivity index (χ3n) is 3.61. The van der Waals surface area contributed by atoms with Gasteiger partial charge in [0, 0.05) is 29.1 Å². The summed E-state index contributed by atoms with van der Waals surface area (Å²) in [6, 6.07) is 8.39. The molecule has 0 saturated carbocycles. The second kappa shape index (κ2) is 10.3. The molecule has 1 aromatic carbocycles. The number of rotatable bonds is 5. The van der Waals surface area contributed by atoms with E-state index in [1.807, 2.05) is 6.92 Å². The van der Waals surface area contributed by atoms with Gasteiger partial charge < -0.3 is 5.32 Å². The smallest absolute Gasteiger partial charge is 0.238 e. The molecule has 2 heterocycles. The summed E-state index contributed by atoms with van der Waals surface area (Å²) < 4.78 is 0. The summed E-state index contributed by atoms with van der Waals surface area (Å²) >= 11 is 3.43. The molecule has 0 radical (unpaired) electrons. The summed E-state index contributed by atoms with van der Waals surface area (Å²) in [6.07, 6.45) is 0.849. The minimum absolute atomic E-state index is 0. The van der Waals surface area contributed by atoms with E-state index in [0.717, 1.165) is 34.3 Å². The van der Waals surface area contributed by atoms with Crippen molar-refractivity contribution in [2.24, 2.45) is 0 Å². The number of thioether (sulfide) groups is 1. The van der Waals surface area contributed by atoms with Crippen LogP contribution in [0.4, 0.5) is 0 Å². The molecular weight excluding hydrogens is 385 g/mol. The van der Waals surface area contributed by atoms with Crippen molar-refractivity contribution in [3.63, 3.8) is 0 Å². The number of hydrogen-bond donors (Lipinski definition) is 2. The van der Waals surface area contributed by atoms with Crippen molar-refractivity contribution in [1.29, 1.82) is 0 Å². The molecule has 1 aliphatic heterocycles. The van der Waals surface area contributed by atoms with Crippen LogP contribution in [0.3, 0.4) is 0 Å². The van der Waals surface area contributed by atoms with Gasteiger partial charge in [0.25, 0.3) is 0 Å². The maximum atomic E-state index is 11.9. The van der Waals surface area contributed by atoms with Gasteiger partial charge in [-0.05, 0) is 18.9 Å². The predicted octanol–water partition coefficient (Wildman–Crippen LogP) is 3.28. The molecule has 8 heteroatoms. The Morgan fingerprint density at radius 3 is 2.67 bits per heavy atom. The quantitative estimate of drug-likeness (QED) is 0.800. The average molecular weight is 406 g/mol. The predicted molar refractivity (Wildman–Crippen MR) is 108 cm³/mol. The third-order valence-corrected chi connectivity index (χ3v) is 5.33. The number of aryl methyl sites for hydroxylation is 1. The first kappa shape index (κ1) is 21.3. The zero-order valence-electron chi connectivity index (χ0n) is 13.3. The van der Waals surface area contributed by atoms with Crippen molar-refractivity contribution < 1.29 is 4.79 Å². The number of aromatic nitrogens is 1. The zero-order chi connectivity index (χ0) is 15.4. The van der Waals surface area contributed by atoms with Crippen molar-refractivity contribution in [2.45, 2.75) is 19.4 Å². The van der Waals surface area contributed by atoms with Gasteiger partial charge in [-0.15, -0.1) is 47.9 Å². The minimum atomic E-state index is -0.0275. The molecule has 1 unspecified atom stereocenters. The van der Waals surface area contributed by atoms with Crippen molar-refractivity contribution in [3.05, 3.63) is 40.2 Å². The summed E-state index contributed by atoms with van der Waals surface area (Å²) in [6.45, 7) is 2.69. The van der Waals surface area contributed by atoms with Crippen LogP contribution in [0, 0.1) is 6.92 Å². The normalized spacial score (nSPS) is 16.1. The first-order valence-corrected chi connectivity index (χ1v) is 9.36. The van der Waals surface area contributed by atoms with Gasteiger partial charge in [-0.1, -0.05) is 24.3 Å². The van der Waals surface area contributed by atoms with Crippen LogP contribution in [0.25, 0.3) is 11.3 Å². The zero-order valence-corrected chi connectivity index (χ0v) is 16.5. The van der Waals surface area contributed by atoms with Crippen molar-refractivity contribution >= 4 is 53.8 Å². The molecule has 1 aromatic heterocycles. The lowest BCUT2D eigenvalue weighted by Crippen LogP contribution is -2.42. The Bertz CT molecular complexity index is 643. The van der Waals surface area contributed by atoms with Crippen molar-refractivity contribution in [2.75, 3.05) is 18.2 Å². The fourth-order valence-corrected chi connectivity index (χ4v) is 3.92. The number of halogens is 2. The van der Waals surface area contributed by atoms with Crippen LogP contribution in [-0.4, -0.2) is 35.1 Å². The van der Waals surface area contributed by atoms with E-state index < -0.39 is 0 Å². The molecule has 2 N–H and O–H groups in total. The fraction of sp³-hybridized carbons (Fsp3) is 0.375. The van der Waals surface area contributed by atoms with E-state index >= 15 is 0 Å². The van der Waals surface area contributed by atoms with Gasteiger partial charge >= 0.3 is 0 Å². The Labute approximate surface area is 163 Å². The van der Waals surface area contributed by atoms with E-state index in [4.69, 9.17) is 0 Å². The Balaban J connectivity index is 0.00000144. The molecule has 1 aliphatic rings. The summed E-state index contributed by atoms with van der Waals surface area (Å²) in [5.41, 5.74) is 3.40. The standard InChI is InChI=1S/C16H19N3OS2.2ClH/c1-11-19-14(9-22-11)13-4-2-12(3-5-13)6-7-17-16(20)15-8-21-10-18-15;;/h2-5,9,15,18H,6-8,10H2,1H3,(H,17,20);2*1H. The van der Waals surface area contributed by atoms with Crippen LogP contribution in [0.5, 0.6) is 0 Å². The van der Waals surface area contributed by atoms with Gasteiger partial charge in [-0.2, -0.15) is 0 Å². The maximum absolute atomic E-state index is 11.9. The highest BCUT2D eigenvalue weighted by molar-refractivity contribution is 7.99. The highest BCUT2D eigenvalue weighted by Gasteiger charge is 2.21. The van der Waals surface area contributed by atoms with Crippen LogP contribution in [0.2, 0.25) is 0 Å². The molecule has 4 nitrogen and oxygen atoms in total. The van der Waals surface area contributed by atoms with E-state index in [9.17, 15) is 4.79 Å². The van der Waals surface area contributed by atoms with Crippen LogP contribution in [0.15, 0.2) is 29.6 Å². The second-order valence-electron chi connectivity index (χ2n) is 5.26. The van der Waals surface area contributed by atoms with Crippen LogP contribution in [-0.2, 0) is 11.2 Å². The Morgan fingerprint density at radius 1 is 1.33 bits per heavy atom. The molecule has 0 bridgehead atoms. The van der Waals surface area contributed by atoms with E-state index in [1.165, 1.54) is 5.56 Å². The van der Waals surface area contributed by atoms with Crippen molar-refractivity contribution in [3.8, 4) is 11.3 Å². The van der Waals surface area contributed by atoms with Gasteiger partial charge in [0.1, 0.15) is 0 Å². The number of thiazole rings is 1. The molecule has 2 aromatic rings. The first-order chi connectivity index (χ1) is 10.7. The molecular formula is C16H21Cl2N3OS2. The third kappa shape index (κ3) is 5.63. The topological polar surface area (TPSA) is 54.0 Å². The molecule has 1 saturated heterocycles. The molecule has 0 spiro atoms. The number of carbonyl (C=O) groups excluding carboxylic acids is 1.